The van der Waals surface area contributed by atoms with Crippen molar-refractivity contribution in [2.24, 2.45) is 20.5 Å². The molecule has 0 bridgehead atoms. The summed E-state index contributed by atoms with van der Waals surface area (Å²) in [6.45, 7) is 3.72. The van der Waals surface area contributed by atoms with Crippen LogP contribution in [-0.4, -0.2) is 36.2 Å². The molecule has 0 spiro atoms. The van der Waals surface area contributed by atoms with Crippen molar-refractivity contribution in [3.63, 3.8) is 0 Å². The average Bonchev–Trinajstić information content (AvgIpc) is 3.14. The van der Waals surface area contributed by atoms with Gasteiger partial charge in [-0.3, -0.25) is 9.11 Å². The SMILES string of the molecule is Cc1cc(C2(c3ccc(N=Nc4c(O)ccc5c(S(=O)(=O)O)ccc([O-])c45)c(C)c3)CCCCC2)ccc1N=Nc1c(O)ccc2c(S(=O)(=O)O)ccc([O-])c12.[Na+].[Na+]. The topological polar surface area (TPSA) is 245 Å². The molecule has 0 aliphatic heterocycles. The Kier molecular flexibility index (Phi) is 13.5. The first kappa shape index (κ1) is 45.1. The Morgan fingerprint density at radius 1 is 0.552 bits per heavy atom. The van der Waals surface area contributed by atoms with Crippen LogP contribution in [0.25, 0.3) is 21.5 Å². The summed E-state index contributed by atoms with van der Waals surface area (Å²) < 4.78 is 67.3. The second-order valence-electron chi connectivity index (χ2n) is 13.8. The first-order valence-corrected chi connectivity index (χ1v) is 20.3. The van der Waals surface area contributed by atoms with E-state index in [-0.39, 0.29) is 97.4 Å². The molecule has 58 heavy (non-hydrogen) atoms. The van der Waals surface area contributed by atoms with Gasteiger partial charge in [-0.2, -0.15) is 27.1 Å². The minimum atomic E-state index is -4.68. The summed E-state index contributed by atoms with van der Waals surface area (Å²) in [4.78, 5) is -0.987. The van der Waals surface area contributed by atoms with E-state index in [1.54, 1.807) is 12.1 Å². The zero-order valence-electron chi connectivity index (χ0n) is 32.0. The average molecular weight is 841 g/mol. The fourth-order valence-electron chi connectivity index (χ4n) is 7.61. The van der Waals surface area contributed by atoms with Crippen molar-refractivity contribution in [3.05, 3.63) is 107 Å². The van der Waals surface area contributed by atoms with Crippen LogP contribution in [-0.2, 0) is 25.7 Å². The molecular formula is C40H34N4Na2O10S2. The number of aryl methyl sites for hydroxylation is 2. The molecule has 0 aromatic heterocycles. The summed E-state index contributed by atoms with van der Waals surface area (Å²) in [6.07, 6.45) is 4.74. The second kappa shape index (κ2) is 17.3. The van der Waals surface area contributed by atoms with E-state index in [1.165, 1.54) is 24.3 Å². The van der Waals surface area contributed by atoms with Crippen LogP contribution < -0.4 is 69.3 Å². The van der Waals surface area contributed by atoms with E-state index in [0.717, 1.165) is 78.6 Å². The largest absolute Gasteiger partial charge is 1.00 e. The van der Waals surface area contributed by atoms with Gasteiger partial charge < -0.3 is 20.4 Å². The molecule has 0 heterocycles. The van der Waals surface area contributed by atoms with Gasteiger partial charge in [0.1, 0.15) is 32.7 Å². The zero-order chi connectivity index (χ0) is 40.2. The first-order chi connectivity index (χ1) is 26.5. The molecule has 0 atom stereocenters. The van der Waals surface area contributed by atoms with Crippen molar-refractivity contribution in [1.82, 2.24) is 0 Å². The van der Waals surface area contributed by atoms with E-state index in [4.69, 9.17) is 0 Å². The quantitative estimate of drug-likeness (QED) is 0.0992. The van der Waals surface area contributed by atoms with Crippen molar-refractivity contribution in [1.29, 1.82) is 0 Å². The van der Waals surface area contributed by atoms with Crippen LogP contribution in [0.4, 0.5) is 22.7 Å². The Labute approximate surface area is 378 Å². The van der Waals surface area contributed by atoms with Crippen LogP contribution in [0.2, 0.25) is 0 Å². The Morgan fingerprint density at radius 3 is 1.31 bits per heavy atom. The van der Waals surface area contributed by atoms with Gasteiger partial charge in [-0.25, -0.2) is 0 Å². The third kappa shape index (κ3) is 8.54. The summed E-state index contributed by atoms with van der Waals surface area (Å²) >= 11 is 0. The molecule has 6 aromatic rings. The molecule has 288 valence electrons. The number of benzene rings is 6. The van der Waals surface area contributed by atoms with E-state index >= 15 is 0 Å². The Hall–Kier alpha value is -3.94. The predicted molar refractivity (Wildman–Crippen MR) is 204 cm³/mol. The van der Waals surface area contributed by atoms with Gasteiger partial charge in [-0.05, 0) is 97.5 Å². The Morgan fingerprint density at radius 2 is 0.948 bits per heavy atom. The number of nitrogens with zero attached hydrogens (tertiary/aromatic N) is 4. The minimum absolute atomic E-state index is 0. The van der Waals surface area contributed by atoms with Gasteiger partial charge in [0, 0.05) is 27.0 Å². The number of fused-ring (bicyclic) bond motifs is 2. The third-order valence-electron chi connectivity index (χ3n) is 10.4. The maximum Gasteiger partial charge on any atom is 1.00 e. The fourth-order valence-corrected chi connectivity index (χ4v) is 8.98. The van der Waals surface area contributed by atoms with Crippen LogP contribution in [0.3, 0.4) is 0 Å². The van der Waals surface area contributed by atoms with Crippen LogP contribution in [0, 0.1) is 13.8 Å². The van der Waals surface area contributed by atoms with Gasteiger partial charge in [-0.1, -0.05) is 67.2 Å². The number of aromatic hydroxyl groups is 2. The maximum absolute atomic E-state index is 12.8. The van der Waals surface area contributed by atoms with E-state index in [2.05, 4.69) is 20.5 Å². The number of rotatable bonds is 8. The Bertz CT molecular complexity index is 2690. The third-order valence-corrected chi connectivity index (χ3v) is 12.2. The number of hydrogen-bond acceptors (Lipinski definition) is 12. The molecule has 14 nitrogen and oxygen atoms in total. The molecule has 0 amide bonds. The number of azo groups is 2. The van der Waals surface area contributed by atoms with Gasteiger partial charge in [0.15, 0.2) is 0 Å². The van der Waals surface area contributed by atoms with Crippen LogP contribution >= 0.6 is 0 Å². The normalized spacial score (nSPS) is 14.5. The van der Waals surface area contributed by atoms with Crippen molar-refractivity contribution in [2.75, 3.05) is 0 Å². The number of phenolic OH excluding ortho intramolecular Hbond substituents is 2. The van der Waals surface area contributed by atoms with E-state index < -0.39 is 53.0 Å². The predicted octanol–water partition coefficient (Wildman–Crippen LogP) is 2.75. The van der Waals surface area contributed by atoms with Crippen molar-refractivity contribution in [3.8, 4) is 23.0 Å². The van der Waals surface area contributed by atoms with E-state index in [0.29, 0.717) is 11.4 Å². The maximum atomic E-state index is 12.8. The van der Waals surface area contributed by atoms with Crippen LogP contribution in [0.5, 0.6) is 23.0 Å². The summed E-state index contributed by atoms with van der Waals surface area (Å²) in [5.74, 6) is -2.00. The molecule has 1 aliphatic rings. The molecule has 1 saturated carbocycles. The minimum Gasteiger partial charge on any atom is -0.872 e. The van der Waals surface area contributed by atoms with E-state index in [1.807, 2.05) is 38.1 Å². The van der Waals surface area contributed by atoms with Crippen molar-refractivity contribution < 1.29 is 105 Å². The molecule has 6 aromatic carbocycles. The Balaban J connectivity index is 0.00000320. The molecule has 4 N–H and O–H groups in total. The van der Waals surface area contributed by atoms with E-state index in [9.17, 15) is 46.4 Å². The first-order valence-electron chi connectivity index (χ1n) is 17.4. The summed E-state index contributed by atoms with van der Waals surface area (Å²) in [5.41, 5.74) is 3.63. The second-order valence-corrected chi connectivity index (χ2v) is 16.6. The van der Waals surface area contributed by atoms with Crippen LogP contribution in [0.1, 0.15) is 54.4 Å². The fraction of sp³-hybridized carbons (Fsp3) is 0.200. The molecule has 7 rings (SSSR count). The van der Waals surface area contributed by atoms with Gasteiger partial charge in [0.25, 0.3) is 20.2 Å². The van der Waals surface area contributed by atoms with Crippen molar-refractivity contribution in [2.45, 2.75) is 61.2 Å². The smallest absolute Gasteiger partial charge is 0.872 e. The molecule has 0 unspecified atom stereocenters. The molecule has 0 saturated heterocycles. The number of hydrogen-bond donors (Lipinski definition) is 4. The molecule has 18 heteroatoms. The van der Waals surface area contributed by atoms with Crippen LogP contribution in [0.15, 0.2) is 115 Å². The van der Waals surface area contributed by atoms with Gasteiger partial charge in [0.2, 0.25) is 0 Å². The van der Waals surface area contributed by atoms with Crippen molar-refractivity contribution >= 4 is 64.5 Å². The van der Waals surface area contributed by atoms with Gasteiger partial charge >= 0.3 is 59.1 Å². The monoisotopic (exact) mass is 840 g/mol. The number of phenols is 2. The standard InChI is InChI=1S/C40H36N4O10S2.2Na/c1-22-20-24(6-10-28(22)41-43-38-32(47)12-8-26-34(55(49,50)51)16-14-30(45)36(26)38)40(18-4-3-5-19-40)25-7-11-29(23(2)21-25)42-44-39-33(48)13-9-27-35(56(52,53)54)17-15-31(46)37(27)39;;/h6-17,20-21,45-48H,3-5,18-19H2,1-2H3,(H,49,50,51)(H,52,53,54);;/q;2*+1/p-2. The molecule has 0 radical (unpaired) electrons. The summed E-state index contributed by atoms with van der Waals surface area (Å²) in [7, 11) is -9.35. The molecule has 1 aliphatic carbocycles. The summed E-state index contributed by atoms with van der Waals surface area (Å²) in [6, 6.07) is 20.3. The zero-order valence-corrected chi connectivity index (χ0v) is 37.6. The van der Waals surface area contributed by atoms with Gasteiger partial charge in [-0.15, -0.1) is 10.2 Å². The van der Waals surface area contributed by atoms with Gasteiger partial charge in [0.05, 0.1) is 11.4 Å². The molecule has 1 fully saturated rings. The molecular weight excluding hydrogens is 807 g/mol. The summed E-state index contributed by atoms with van der Waals surface area (Å²) in [5, 5.41) is 63.3.